The first-order chi connectivity index (χ1) is 16.9. The molecule has 0 unspecified atom stereocenters. The van der Waals surface area contributed by atoms with Crippen molar-refractivity contribution in [2.45, 2.75) is 63.8 Å². The van der Waals surface area contributed by atoms with Crippen molar-refractivity contribution in [3.63, 3.8) is 0 Å². The molecule has 1 saturated carbocycles. The van der Waals surface area contributed by atoms with Crippen LogP contribution in [0, 0.1) is 0 Å². The SMILES string of the molecule is C=N/C(=C\C(=N/C)C(=O)NC[C@H](O)CN1CCc2ccccc2C1)N[C@H]1CC[C@H](N(C)CC)CC1. The monoisotopic (exact) mass is 482 g/mol. The molecular formula is C27H42N6O2. The highest BCUT2D eigenvalue weighted by Crippen LogP contribution is 2.23. The van der Waals surface area contributed by atoms with Gasteiger partial charge in [0.15, 0.2) is 0 Å². The van der Waals surface area contributed by atoms with E-state index in [4.69, 9.17) is 0 Å². The van der Waals surface area contributed by atoms with Crippen molar-refractivity contribution < 1.29 is 9.90 Å². The Kier molecular flexibility index (Phi) is 10.4. The number of carbonyl (C=O) groups is 1. The highest BCUT2D eigenvalue weighted by atomic mass is 16.3. The van der Waals surface area contributed by atoms with Crippen LogP contribution in [0.2, 0.25) is 0 Å². The lowest BCUT2D eigenvalue weighted by atomic mass is 9.90. The summed E-state index contributed by atoms with van der Waals surface area (Å²) in [5.74, 6) is 0.229. The van der Waals surface area contributed by atoms with Gasteiger partial charge >= 0.3 is 0 Å². The van der Waals surface area contributed by atoms with Crippen LogP contribution in [0.1, 0.15) is 43.7 Å². The number of carbonyl (C=O) groups excluding carboxylic acids is 1. The van der Waals surface area contributed by atoms with E-state index >= 15 is 0 Å². The smallest absolute Gasteiger partial charge is 0.269 e. The quantitative estimate of drug-likeness (QED) is 0.420. The second kappa shape index (κ2) is 13.5. The first-order valence-corrected chi connectivity index (χ1v) is 12.8. The van der Waals surface area contributed by atoms with Crippen LogP contribution < -0.4 is 10.6 Å². The van der Waals surface area contributed by atoms with Gasteiger partial charge in [0.05, 0.1) is 6.10 Å². The molecular weight excluding hydrogens is 440 g/mol. The summed E-state index contributed by atoms with van der Waals surface area (Å²) in [7, 11) is 3.76. The van der Waals surface area contributed by atoms with Crippen molar-refractivity contribution in [3.05, 3.63) is 47.3 Å². The first kappa shape index (κ1) is 27.0. The lowest BCUT2D eigenvalue weighted by Gasteiger charge is -2.34. The van der Waals surface area contributed by atoms with Gasteiger partial charge in [0.25, 0.3) is 5.91 Å². The van der Waals surface area contributed by atoms with Crippen LogP contribution in [0.25, 0.3) is 0 Å². The minimum Gasteiger partial charge on any atom is -0.390 e. The van der Waals surface area contributed by atoms with E-state index in [9.17, 15) is 9.90 Å². The Labute approximate surface area is 210 Å². The Balaban J connectivity index is 1.45. The average molecular weight is 483 g/mol. The molecule has 3 N–H and O–H groups in total. The van der Waals surface area contributed by atoms with Crippen molar-refractivity contribution in [3.8, 4) is 0 Å². The fraction of sp³-hybridized carbons (Fsp3) is 0.593. The molecule has 8 heteroatoms. The Morgan fingerprint density at radius 1 is 1.29 bits per heavy atom. The summed E-state index contributed by atoms with van der Waals surface area (Å²) in [4.78, 5) is 25.6. The Morgan fingerprint density at radius 2 is 2.00 bits per heavy atom. The molecule has 1 aromatic carbocycles. The maximum absolute atomic E-state index is 12.7. The number of hydrogen-bond acceptors (Lipinski definition) is 7. The summed E-state index contributed by atoms with van der Waals surface area (Å²) in [5.41, 5.74) is 2.95. The molecule has 1 aliphatic carbocycles. The van der Waals surface area contributed by atoms with E-state index < -0.39 is 6.10 Å². The van der Waals surface area contributed by atoms with Gasteiger partial charge in [-0.05, 0) is 63.5 Å². The molecule has 1 amide bonds. The molecule has 35 heavy (non-hydrogen) atoms. The summed E-state index contributed by atoms with van der Waals surface area (Å²) in [5, 5.41) is 16.8. The second-order valence-corrected chi connectivity index (χ2v) is 9.64. The zero-order valence-corrected chi connectivity index (χ0v) is 21.5. The Bertz CT molecular complexity index is 907. The molecule has 0 saturated heterocycles. The van der Waals surface area contributed by atoms with Crippen LogP contribution in [0.15, 0.2) is 46.1 Å². The van der Waals surface area contributed by atoms with Crippen molar-refractivity contribution >= 4 is 18.3 Å². The van der Waals surface area contributed by atoms with E-state index in [1.165, 1.54) is 11.1 Å². The van der Waals surface area contributed by atoms with Crippen LogP contribution in [0.4, 0.5) is 0 Å². The third kappa shape index (κ3) is 7.98. The minimum atomic E-state index is -0.655. The number of benzene rings is 1. The van der Waals surface area contributed by atoms with Crippen LogP contribution in [-0.2, 0) is 17.8 Å². The fourth-order valence-electron chi connectivity index (χ4n) is 5.00. The van der Waals surface area contributed by atoms with Crippen molar-refractivity contribution in [1.82, 2.24) is 20.4 Å². The third-order valence-electron chi connectivity index (χ3n) is 7.27. The first-order valence-electron chi connectivity index (χ1n) is 12.8. The number of aliphatic hydroxyl groups is 1. The number of amides is 1. The number of β-amino-alcohol motifs (C(OH)–C–C–N with tert-alkyl or cyclic N) is 1. The Hall–Kier alpha value is -2.55. The summed E-state index contributed by atoms with van der Waals surface area (Å²) in [6.07, 6.45) is 6.36. The maximum Gasteiger partial charge on any atom is 0.269 e. The van der Waals surface area contributed by atoms with Gasteiger partial charge in [0, 0.05) is 51.4 Å². The average Bonchev–Trinajstić information content (AvgIpc) is 2.89. The molecule has 0 spiro atoms. The molecule has 1 aromatic rings. The summed E-state index contributed by atoms with van der Waals surface area (Å²) in [6.45, 7) is 9.33. The summed E-state index contributed by atoms with van der Waals surface area (Å²) in [6, 6.07) is 9.37. The van der Waals surface area contributed by atoms with Gasteiger partial charge in [0.1, 0.15) is 11.5 Å². The van der Waals surface area contributed by atoms with E-state index in [-0.39, 0.29) is 18.2 Å². The van der Waals surface area contributed by atoms with Gasteiger partial charge in [-0.15, -0.1) is 0 Å². The molecule has 1 heterocycles. The van der Waals surface area contributed by atoms with Gasteiger partial charge in [-0.2, -0.15) is 0 Å². The maximum atomic E-state index is 12.7. The second-order valence-electron chi connectivity index (χ2n) is 9.64. The number of nitrogens with one attached hydrogen (secondary N) is 2. The normalized spacial score (nSPS) is 22.4. The van der Waals surface area contributed by atoms with Crippen LogP contribution in [0.5, 0.6) is 0 Å². The van der Waals surface area contributed by atoms with E-state index in [0.717, 1.165) is 51.7 Å². The zero-order chi connectivity index (χ0) is 25.2. The van der Waals surface area contributed by atoms with Crippen LogP contribution in [-0.4, -0.2) is 91.7 Å². The van der Waals surface area contributed by atoms with Gasteiger partial charge < -0.3 is 20.6 Å². The molecule has 192 valence electrons. The lowest BCUT2D eigenvalue weighted by molar-refractivity contribution is -0.115. The molecule has 0 radical (unpaired) electrons. The van der Waals surface area contributed by atoms with Crippen LogP contribution >= 0.6 is 0 Å². The van der Waals surface area contributed by atoms with E-state index in [2.05, 4.69) is 75.4 Å². The van der Waals surface area contributed by atoms with Gasteiger partial charge in [-0.3, -0.25) is 14.7 Å². The number of hydrogen-bond donors (Lipinski definition) is 3. The molecule has 1 atom stereocenters. The minimum absolute atomic E-state index is 0.170. The van der Waals surface area contributed by atoms with Crippen molar-refractivity contribution in [2.75, 3.05) is 40.3 Å². The summed E-state index contributed by atoms with van der Waals surface area (Å²) >= 11 is 0. The van der Waals surface area contributed by atoms with Crippen molar-refractivity contribution in [1.29, 1.82) is 0 Å². The standard InChI is InChI=1S/C27H42N6O2/c1-5-32(4)23-12-10-22(11-13-23)31-26(29-3)16-25(28-2)27(35)30-17-24(34)19-33-15-14-20-8-6-7-9-21(20)18-33/h6-9,16,22-24,31,34H,3,5,10-15,17-19H2,1-2,4H3,(H,30,35)/b26-16+,28-25+/t22-,23-,24-/m0/s1. The molecule has 1 aliphatic heterocycles. The number of aliphatic imine (C=N–C) groups is 2. The van der Waals surface area contributed by atoms with E-state index in [1.807, 2.05) is 0 Å². The number of fused-ring (bicyclic) bond motifs is 1. The van der Waals surface area contributed by atoms with E-state index in [0.29, 0.717) is 24.4 Å². The van der Waals surface area contributed by atoms with Crippen molar-refractivity contribution in [2.24, 2.45) is 9.98 Å². The fourth-order valence-corrected chi connectivity index (χ4v) is 5.00. The topological polar surface area (TPSA) is 92.6 Å². The predicted octanol–water partition coefficient (Wildman–Crippen LogP) is 1.99. The van der Waals surface area contributed by atoms with Gasteiger partial charge in [-0.1, -0.05) is 31.2 Å². The number of nitrogens with zero attached hydrogens (tertiary/aromatic N) is 4. The zero-order valence-electron chi connectivity index (χ0n) is 21.5. The number of rotatable bonds is 11. The third-order valence-corrected chi connectivity index (χ3v) is 7.27. The molecule has 0 bridgehead atoms. The largest absolute Gasteiger partial charge is 0.390 e. The highest BCUT2D eigenvalue weighted by molar-refractivity contribution is 6.43. The molecule has 0 aromatic heterocycles. The summed E-state index contributed by atoms with van der Waals surface area (Å²) < 4.78 is 0. The lowest BCUT2D eigenvalue weighted by Crippen LogP contribution is -2.43. The predicted molar refractivity (Wildman–Crippen MR) is 143 cm³/mol. The van der Waals surface area contributed by atoms with Gasteiger partial charge in [0.2, 0.25) is 0 Å². The highest BCUT2D eigenvalue weighted by Gasteiger charge is 2.24. The van der Waals surface area contributed by atoms with Gasteiger partial charge in [-0.25, -0.2) is 4.99 Å². The molecule has 8 nitrogen and oxygen atoms in total. The van der Waals surface area contributed by atoms with E-state index in [1.54, 1.807) is 13.1 Å². The number of aliphatic hydroxyl groups excluding tert-OH is 1. The molecule has 3 rings (SSSR count). The molecule has 2 aliphatic rings. The van der Waals surface area contributed by atoms with Crippen LogP contribution in [0.3, 0.4) is 0 Å². The molecule has 1 fully saturated rings. The Morgan fingerprint density at radius 3 is 2.66 bits per heavy atom.